The van der Waals surface area contributed by atoms with Gasteiger partial charge >= 0.3 is 0 Å². The van der Waals surface area contributed by atoms with Crippen LogP contribution in [0.2, 0.25) is 0 Å². The molecule has 0 aromatic heterocycles. The summed E-state index contributed by atoms with van der Waals surface area (Å²) in [5.74, 6) is 0.366. The highest BCUT2D eigenvalue weighted by Gasteiger charge is 2.27. The second kappa shape index (κ2) is 10.4. The zero-order valence-electron chi connectivity index (χ0n) is 21.6. The monoisotopic (exact) mass is 487 g/mol. The molecule has 0 radical (unpaired) electrons. The lowest BCUT2D eigenvalue weighted by Crippen LogP contribution is -2.16. The van der Waals surface area contributed by atoms with Crippen LogP contribution in [0.4, 0.5) is 4.39 Å². The van der Waals surface area contributed by atoms with E-state index in [9.17, 15) is 4.39 Å². The van der Waals surface area contributed by atoms with Crippen molar-refractivity contribution in [2.75, 3.05) is 0 Å². The second-order valence-corrected chi connectivity index (χ2v) is 10.6. The fourth-order valence-electron chi connectivity index (χ4n) is 6.16. The molecule has 0 saturated carbocycles. The molecule has 3 aromatic rings. The zero-order chi connectivity index (χ0) is 25.2. The Kier molecular flexibility index (Phi) is 6.66. The molecule has 3 aromatic carbocycles. The molecule has 37 heavy (non-hydrogen) atoms. The number of nitrogens with one attached hydrogen (secondary N) is 1. The minimum absolute atomic E-state index is 0.0784. The molecule has 1 nitrogen and oxygen atoms in total. The van der Waals surface area contributed by atoms with Crippen molar-refractivity contribution >= 4 is 6.08 Å². The quantitative estimate of drug-likeness (QED) is 0.389. The number of aryl methyl sites for hydroxylation is 2. The van der Waals surface area contributed by atoms with Crippen LogP contribution in [0.1, 0.15) is 65.0 Å². The number of hydrogen-bond donors (Lipinski definition) is 1. The van der Waals surface area contributed by atoms with Crippen LogP contribution in [0.15, 0.2) is 96.4 Å². The van der Waals surface area contributed by atoms with E-state index in [1.54, 1.807) is 12.1 Å². The molecular weight excluding hydrogens is 453 g/mol. The van der Waals surface area contributed by atoms with Gasteiger partial charge in [-0.05, 0) is 121 Å². The van der Waals surface area contributed by atoms with Crippen LogP contribution >= 0.6 is 0 Å². The van der Waals surface area contributed by atoms with E-state index < -0.39 is 0 Å². The second-order valence-electron chi connectivity index (χ2n) is 10.6. The Balaban J connectivity index is 0.000000235. The third kappa shape index (κ3) is 4.98. The molecule has 0 saturated heterocycles. The van der Waals surface area contributed by atoms with Gasteiger partial charge in [0.1, 0.15) is 5.82 Å². The third-order valence-electron chi connectivity index (χ3n) is 8.18. The highest BCUT2D eigenvalue weighted by molar-refractivity contribution is 5.78. The van der Waals surface area contributed by atoms with Crippen LogP contribution in [0.3, 0.4) is 0 Å². The lowest BCUT2D eigenvalue weighted by atomic mass is 9.73. The van der Waals surface area contributed by atoms with E-state index in [1.807, 2.05) is 18.3 Å². The fourth-order valence-corrected chi connectivity index (χ4v) is 6.16. The first kappa shape index (κ1) is 23.7. The molecule has 8 rings (SSSR count). The van der Waals surface area contributed by atoms with Gasteiger partial charge in [-0.15, -0.1) is 0 Å². The summed E-state index contributed by atoms with van der Waals surface area (Å²) in [7, 11) is 0. The summed E-state index contributed by atoms with van der Waals surface area (Å²) < 4.78 is 14.1. The van der Waals surface area contributed by atoms with Crippen molar-refractivity contribution in [1.82, 2.24) is 5.32 Å². The molecule has 0 amide bonds. The summed E-state index contributed by atoms with van der Waals surface area (Å²) in [5.41, 5.74) is 13.6. The summed E-state index contributed by atoms with van der Waals surface area (Å²) in [4.78, 5) is 0. The van der Waals surface area contributed by atoms with Crippen molar-refractivity contribution in [2.24, 2.45) is 0 Å². The van der Waals surface area contributed by atoms with Gasteiger partial charge in [-0.3, -0.25) is 0 Å². The number of halogens is 1. The van der Waals surface area contributed by atoms with Gasteiger partial charge in [0, 0.05) is 11.9 Å². The molecule has 1 N–H and O–H groups in total. The van der Waals surface area contributed by atoms with Crippen LogP contribution in [-0.2, 0) is 19.3 Å². The first-order chi connectivity index (χ1) is 18.2. The molecule has 2 heteroatoms. The Morgan fingerprint density at radius 3 is 2.68 bits per heavy atom. The Bertz CT molecular complexity index is 1450. The van der Waals surface area contributed by atoms with Gasteiger partial charge in [-0.2, -0.15) is 0 Å². The largest absolute Gasteiger partial charge is 0.365 e. The van der Waals surface area contributed by atoms with E-state index in [0.717, 1.165) is 37.7 Å². The summed E-state index contributed by atoms with van der Waals surface area (Å²) in [6.45, 7) is 2.17. The van der Waals surface area contributed by atoms with Crippen LogP contribution < -0.4 is 5.32 Å². The van der Waals surface area contributed by atoms with E-state index in [2.05, 4.69) is 73.0 Å². The standard InChI is InChI=1S/C27H25F.C8H9N/c1-18-10-14-23-21(12-11-20-7-3-5-9-27(20)28)17-26-22-8-4-2-6-19(22)13-15-24(26)25(23)16-18;1-3-8-4-2-7(1)5-6-9-8/h2-3,5-7,9-10,13-16,21H,4,8,11-12,17H2,1H3;1,3,5-6,9H,2,4H2. The molecule has 0 fully saturated rings. The lowest BCUT2D eigenvalue weighted by Gasteiger charge is -2.31. The normalized spacial score (nSPS) is 18.3. The first-order valence-corrected chi connectivity index (χ1v) is 13.6. The van der Waals surface area contributed by atoms with Crippen LogP contribution in [0.5, 0.6) is 0 Å². The van der Waals surface area contributed by atoms with Gasteiger partial charge in [-0.25, -0.2) is 4.39 Å². The zero-order valence-corrected chi connectivity index (χ0v) is 21.6. The predicted molar refractivity (Wildman–Crippen MR) is 153 cm³/mol. The number of hydrogen-bond acceptors (Lipinski definition) is 1. The molecule has 1 atom stereocenters. The SMILES string of the molecule is C1=CC2=CC=C(CC2)N1.Cc1ccc2c(c1)-c1ccc3c(c1CC2CCc1ccccc1F)CCC=C3. The number of rotatable bonds is 3. The molecule has 186 valence electrons. The minimum Gasteiger partial charge on any atom is -0.365 e. The van der Waals surface area contributed by atoms with Gasteiger partial charge in [0.2, 0.25) is 0 Å². The molecule has 1 unspecified atom stereocenters. The molecule has 2 aliphatic heterocycles. The predicted octanol–water partition coefficient (Wildman–Crippen LogP) is 8.74. The topological polar surface area (TPSA) is 12.0 Å². The molecule has 2 bridgehead atoms. The van der Waals surface area contributed by atoms with Crippen molar-refractivity contribution in [3.05, 3.63) is 136 Å². The highest BCUT2D eigenvalue weighted by atomic mass is 19.1. The maximum absolute atomic E-state index is 14.1. The Hall–Kier alpha value is -3.65. The maximum atomic E-state index is 14.1. The number of fused-ring (bicyclic) bond motifs is 8. The molecule has 0 spiro atoms. The maximum Gasteiger partial charge on any atom is 0.126 e. The third-order valence-corrected chi connectivity index (χ3v) is 8.18. The van der Waals surface area contributed by atoms with Gasteiger partial charge in [0.25, 0.3) is 0 Å². The average molecular weight is 488 g/mol. The van der Waals surface area contributed by atoms with Crippen molar-refractivity contribution < 1.29 is 4.39 Å². The van der Waals surface area contributed by atoms with Gasteiger partial charge in [0.05, 0.1) is 0 Å². The Morgan fingerprint density at radius 1 is 0.892 bits per heavy atom. The summed E-state index contributed by atoms with van der Waals surface area (Å²) in [6, 6.07) is 18.7. The summed E-state index contributed by atoms with van der Waals surface area (Å²) in [6.07, 6.45) is 20.5. The highest BCUT2D eigenvalue weighted by Crippen LogP contribution is 2.45. The van der Waals surface area contributed by atoms with Crippen molar-refractivity contribution in [1.29, 1.82) is 0 Å². The van der Waals surface area contributed by atoms with Crippen molar-refractivity contribution in [2.45, 2.75) is 57.8 Å². The van der Waals surface area contributed by atoms with Crippen LogP contribution in [0, 0.1) is 12.7 Å². The summed E-state index contributed by atoms with van der Waals surface area (Å²) >= 11 is 0. The molecular formula is C35H34FN. The first-order valence-electron chi connectivity index (χ1n) is 13.6. The van der Waals surface area contributed by atoms with E-state index in [1.165, 1.54) is 63.1 Å². The molecule has 3 aliphatic carbocycles. The summed E-state index contributed by atoms with van der Waals surface area (Å²) in [5, 5.41) is 3.20. The number of benzene rings is 3. The van der Waals surface area contributed by atoms with E-state index in [-0.39, 0.29) is 5.82 Å². The van der Waals surface area contributed by atoms with Crippen LogP contribution in [-0.4, -0.2) is 0 Å². The minimum atomic E-state index is -0.0784. The Labute approximate surface area is 220 Å². The average Bonchev–Trinajstić information content (AvgIpc) is 3.31. The van der Waals surface area contributed by atoms with E-state index >= 15 is 0 Å². The van der Waals surface area contributed by atoms with E-state index in [4.69, 9.17) is 0 Å². The fraction of sp³-hybridized carbons (Fsp3) is 0.257. The van der Waals surface area contributed by atoms with Gasteiger partial charge in [0.15, 0.2) is 0 Å². The Morgan fingerprint density at radius 2 is 1.81 bits per heavy atom. The van der Waals surface area contributed by atoms with Gasteiger partial charge < -0.3 is 5.32 Å². The molecule has 2 heterocycles. The lowest BCUT2D eigenvalue weighted by molar-refractivity contribution is 0.574. The smallest absolute Gasteiger partial charge is 0.126 e. The van der Waals surface area contributed by atoms with E-state index in [0.29, 0.717) is 5.92 Å². The van der Waals surface area contributed by atoms with Crippen LogP contribution in [0.25, 0.3) is 17.2 Å². The van der Waals surface area contributed by atoms with Gasteiger partial charge in [-0.1, -0.05) is 72.3 Å². The van der Waals surface area contributed by atoms with Crippen molar-refractivity contribution in [3.8, 4) is 11.1 Å². The van der Waals surface area contributed by atoms with Crippen molar-refractivity contribution in [3.63, 3.8) is 0 Å². The molecule has 5 aliphatic rings. The number of allylic oxidation sites excluding steroid dienone is 6.